The van der Waals surface area contributed by atoms with Gasteiger partial charge in [0.25, 0.3) is 5.91 Å². The molecule has 0 atom stereocenters. The summed E-state index contributed by atoms with van der Waals surface area (Å²) >= 11 is 1.63. The zero-order valence-corrected chi connectivity index (χ0v) is 17.8. The molecule has 170 valence electrons. The van der Waals surface area contributed by atoms with Gasteiger partial charge in [-0.05, 0) is 49.2 Å². The monoisotopic (exact) mass is 467 g/mol. The lowest BCUT2D eigenvalue weighted by Gasteiger charge is -2.44. The van der Waals surface area contributed by atoms with E-state index in [4.69, 9.17) is 0 Å². The maximum Gasteiger partial charge on any atom is 0.416 e. The Morgan fingerprint density at radius 2 is 1.62 bits per heavy atom. The van der Waals surface area contributed by atoms with E-state index in [1.807, 2.05) is 0 Å². The second-order valence-electron chi connectivity index (χ2n) is 7.72. The molecule has 2 aromatic carbocycles. The van der Waals surface area contributed by atoms with Crippen LogP contribution in [-0.4, -0.2) is 52.0 Å². The van der Waals surface area contributed by atoms with E-state index in [0.29, 0.717) is 38.2 Å². The number of carbonyl (C=O) groups is 2. The summed E-state index contributed by atoms with van der Waals surface area (Å²) in [6.07, 6.45) is -3.41. The summed E-state index contributed by atoms with van der Waals surface area (Å²) < 4.78 is 52.2. The van der Waals surface area contributed by atoms with Gasteiger partial charge in [0.15, 0.2) is 0 Å². The van der Waals surface area contributed by atoms with E-state index in [-0.39, 0.29) is 17.2 Å². The molecule has 3 amide bonds. The molecule has 2 fully saturated rings. The minimum absolute atomic E-state index is 0.104. The van der Waals surface area contributed by atoms with Crippen LogP contribution in [0.1, 0.15) is 28.8 Å². The van der Waals surface area contributed by atoms with Crippen molar-refractivity contribution in [2.24, 2.45) is 0 Å². The molecule has 2 aliphatic heterocycles. The summed E-state index contributed by atoms with van der Waals surface area (Å²) in [7, 11) is 0. The van der Waals surface area contributed by atoms with Crippen molar-refractivity contribution in [3.8, 4) is 0 Å². The van der Waals surface area contributed by atoms with Crippen molar-refractivity contribution >= 4 is 29.4 Å². The first-order valence-corrected chi connectivity index (χ1v) is 11.1. The van der Waals surface area contributed by atoms with E-state index in [0.717, 1.165) is 12.1 Å². The summed E-state index contributed by atoms with van der Waals surface area (Å²) in [6.45, 7) is 1.25. The smallest absolute Gasteiger partial charge is 0.324 e. The molecular weight excluding hydrogens is 446 g/mol. The second-order valence-corrected chi connectivity index (χ2v) is 9.18. The molecule has 0 radical (unpaired) electrons. The van der Waals surface area contributed by atoms with Crippen molar-refractivity contribution in [3.63, 3.8) is 0 Å². The fourth-order valence-electron chi connectivity index (χ4n) is 4.08. The number of alkyl halides is 3. The van der Waals surface area contributed by atoms with Crippen LogP contribution in [0.4, 0.5) is 28.0 Å². The van der Waals surface area contributed by atoms with Crippen LogP contribution in [0.5, 0.6) is 0 Å². The number of halogens is 4. The summed E-state index contributed by atoms with van der Waals surface area (Å²) in [6, 6.07) is 9.75. The van der Waals surface area contributed by atoms with Crippen LogP contribution in [0.25, 0.3) is 0 Å². The highest BCUT2D eigenvalue weighted by atomic mass is 32.2. The summed E-state index contributed by atoms with van der Waals surface area (Å²) in [5, 5.41) is 2.57. The number of nitrogens with zero attached hydrogens (tertiary/aromatic N) is 2. The Labute approximate surface area is 186 Å². The average molecular weight is 467 g/mol. The number of anilines is 1. The third-order valence-corrected chi connectivity index (χ3v) is 7.38. The number of likely N-dealkylation sites (tertiary alicyclic amines) is 1. The highest BCUT2D eigenvalue weighted by molar-refractivity contribution is 8.00. The van der Waals surface area contributed by atoms with Crippen LogP contribution in [-0.2, 0) is 6.18 Å². The van der Waals surface area contributed by atoms with Crippen LogP contribution in [0.3, 0.4) is 0 Å². The molecule has 32 heavy (non-hydrogen) atoms. The van der Waals surface area contributed by atoms with Crippen molar-refractivity contribution in [1.29, 1.82) is 0 Å². The normalized spacial score (nSPS) is 18.1. The van der Waals surface area contributed by atoms with Crippen LogP contribution in [0, 0.1) is 5.82 Å². The van der Waals surface area contributed by atoms with Gasteiger partial charge in [-0.15, -0.1) is 11.8 Å². The quantitative estimate of drug-likeness (QED) is 0.629. The van der Waals surface area contributed by atoms with Crippen LogP contribution >= 0.6 is 11.8 Å². The zero-order valence-electron chi connectivity index (χ0n) is 17.0. The third kappa shape index (κ3) is 4.41. The number of para-hydroxylation sites is 1. The second kappa shape index (κ2) is 8.65. The Morgan fingerprint density at radius 3 is 2.25 bits per heavy atom. The van der Waals surface area contributed by atoms with Gasteiger partial charge in [-0.2, -0.15) is 13.2 Å². The van der Waals surface area contributed by atoms with Gasteiger partial charge in [0.05, 0.1) is 16.1 Å². The Bertz CT molecular complexity index is 1000. The lowest BCUT2D eigenvalue weighted by molar-refractivity contribution is -0.137. The number of benzene rings is 2. The fourth-order valence-corrected chi connectivity index (χ4v) is 5.54. The predicted molar refractivity (Wildman–Crippen MR) is 114 cm³/mol. The Morgan fingerprint density at radius 1 is 0.969 bits per heavy atom. The van der Waals surface area contributed by atoms with E-state index in [9.17, 15) is 27.2 Å². The van der Waals surface area contributed by atoms with E-state index in [1.54, 1.807) is 27.6 Å². The van der Waals surface area contributed by atoms with Gasteiger partial charge in [-0.25, -0.2) is 9.18 Å². The van der Waals surface area contributed by atoms with Crippen LogP contribution in [0.2, 0.25) is 0 Å². The molecule has 2 aliphatic rings. The molecule has 1 spiro atoms. The molecule has 0 aromatic heterocycles. The van der Waals surface area contributed by atoms with E-state index < -0.39 is 28.5 Å². The van der Waals surface area contributed by atoms with Crippen molar-refractivity contribution in [2.75, 3.05) is 30.7 Å². The van der Waals surface area contributed by atoms with Crippen molar-refractivity contribution in [3.05, 3.63) is 65.5 Å². The first-order valence-electron chi connectivity index (χ1n) is 10.1. The lowest BCUT2D eigenvalue weighted by atomic mass is 10.0. The fraction of sp³-hybridized carbons (Fsp3) is 0.364. The molecule has 4 rings (SSSR count). The summed E-state index contributed by atoms with van der Waals surface area (Å²) in [5.74, 6) is -0.115. The highest BCUT2D eigenvalue weighted by Crippen LogP contribution is 2.44. The third-order valence-electron chi connectivity index (χ3n) is 5.83. The zero-order chi connectivity index (χ0) is 22.9. The first-order chi connectivity index (χ1) is 15.2. The minimum Gasteiger partial charge on any atom is -0.324 e. The van der Waals surface area contributed by atoms with Crippen LogP contribution < -0.4 is 5.32 Å². The molecule has 10 heteroatoms. The van der Waals surface area contributed by atoms with E-state index in [1.165, 1.54) is 30.3 Å². The highest BCUT2D eigenvalue weighted by Gasteiger charge is 2.47. The van der Waals surface area contributed by atoms with Gasteiger partial charge in [0.2, 0.25) is 0 Å². The first kappa shape index (κ1) is 22.4. The summed E-state index contributed by atoms with van der Waals surface area (Å²) in [4.78, 5) is 28.4. The molecule has 2 aromatic rings. The van der Waals surface area contributed by atoms with Gasteiger partial charge in [0, 0.05) is 31.0 Å². The number of amides is 3. The van der Waals surface area contributed by atoms with E-state index >= 15 is 0 Å². The molecule has 2 saturated heterocycles. The number of carbonyl (C=O) groups excluding carboxylic acids is 2. The van der Waals surface area contributed by atoms with Crippen LogP contribution in [0.15, 0.2) is 48.5 Å². The van der Waals surface area contributed by atoms with Crippen molar-refractivity contribution in [2.45, 2.75) is 23.9 Å². The number of piperidine rings is 1. The predicted octanol–water partition coefficient (Wildman–Crippen LogP) is 5.06. The number of nitrogens with one attached hydrogen (secondary N) is 1. The Balaban J connectivity index is 1.42. The number of hydrogen-bond donors (Lipinski definition) is 1. The molecule has 0 aliphatic carbocycles. The maximum atomic E-state index is 13.8. The van der Waals surface area contributed by atoms with Gasteiger partial charge >= 0.3 is 12.2 Å². The average Bonchev–Trinajstić information content (AvgIpc) is 3.17. The van der Waals surface area contributed by atoms with Gasteiger partial charge in [0.1, 0.15) is 5.82 Å². The molecular formula is C22H21F4N3O2S. The Kier molecular flexibility index (Phi) is 6.07. The number of urea groups is 1. The van der Waals surface area contributed by atoms with Gasteiger partial charge in [-0.3, -0.25) is 4.79 Å². The Hall–Kier alpha value is -2.75. The van der Waals surface area contributed by atoms with Gasteiger partial charge < -0.3 is 15.1 Å². The lowest BCUT2D eigenvalue weighted by Crippen LogP contribution is -2.54. The van der Waals surface area contributed by atoms with Gasteiger partial charge in [-0.1, -0.05) is 12.1 Å². The van der Waals surface area contributed by atoms with Crippen molar-refractivity contribution < 1.29 is 27.2 Å². The van der Waals surface area contributed by atoms with E-state index in [2.05, 4.69) is 5.32 Å². The molecule has 0 unspecified atom stereocenters. The number of hydrogen-bond acceptors (Lipinski definition) is 3. The minimum atomic E-state index is -4.46. The maximum absolute atomic E-state index is 13.8. The SMILES string of the molecule is O=C(Nc1ccccc1F)N1CCC2(CC1)SCCN2C(=O)c1ccc(C(F)(F)F)cc1. The number of thioether (sulfide) groups is 1. The largest absolute Gasteiger partial charge is 0.416 e. The van der Waals surface area contributed by atoms with Crippen molar-refractivity contribution in [1.82, 2.24) is 9.80 Å². The molecule has 0 bridgehead atoms. The molecule has 0 saturated carbocycles. The standard InChI is InChI=1S/C22H21F4N3O2S/c23-17-3-1-2-4-18(17)27-20(31)28-11-9-21(10-12-28)29(13-14-32-21)19(30)15-5-7-16(8-6-15)22(24,25)26/h1-8H,9-14H2,(H,27,31). The topological polar surface area (TPSA) is 52.7 Å². The molecule has 2 heterocycles. The molecule has 1 N–H and O–H groups in total. The number of rotatable bonds is 2. The summed E-state index contributed by atoms with van der Waals surface area (Å²) in [5.41, 5.74) is -0.486. The molecule has 5 nitrogen and oxygen atoms in total.